The molecule has 0 fully saturated rings. The van der Waals surface area contributed by atoms with Gasteiger partial charge in [0.25, 0.3) is 30.4 Å². The van der Waals surface area contributed by atoms with Crippen molar-refractivity contribution >= 4 is 79.7 Å². The van der Waals surface area contributed by atoms with Crippen molar-refractivity contribution in [3.8, 4) is 17.2 Å². The van der Waals surface area contributed by atoms with Crippen LogP contribution >= 0.6 is 0 Å². The van der Waals surface area contributed by atoms with Crippen molar-refractivity contribution in [2.75, 3.05) is 17.2 Å². The van der Waals surface area contributed by atoms with Gasteiger partial charge in [0.05, 0.1) is 0 Å². The molecular formula is C30H27N3O12S3. The van der Waals surface area contributed by atoms with E-state index >= 15 is 0 Å². The summed E-state index contributed by atoms with van der Waals surface area (Å²) in [5, 5.41) is 30.2. The SMILES string of the molecule is Nc1ccc2c(S(=O)(=O)O)ccc(O)c2c1.Nc1ccc2c(S(=O)(=O)O)ccc(O)c2c1.Nc1ccc2c(S(=O)(=O)O)ccc(O)c2c1. The molecule has 0 radical (unpaired) electrons. The minimum atomic E-state index is -4.31. The van der Waals surface area contributed by atoms with Gasteiger partial charge in [-0.15, -0.1) is 0 Å². The molecule has 0 atom stereocenters. The minimum Gasteiger partial charge on any atom is -0.507 e. The highest BCUT2D eigenvalue weighted by molar-refractivity contribution is 7.86. The topological polar surface area (TPSA) is 302 Å². The summed E-state index contributed by atoms with van der Waals surface area (Å²) < 4.78 is 93.5. The Kier molecular flexibility index (Phi) is 9.63. The molecule has 6 aromatic rings. The first kappa shape index (κ1) is 35.5. The molecule has 0 aliphatic heterocycles. The fraction of sp³-hybridized carbons (Fsp3) is 0. The number of hydrogen-bond donors (Lipinski definition) is 9. The summed E-state index contributed by atoms with van der Waals surface area (Å²) in [5.74, 6) is -0.265. The lowest BCUT2D eigenvalue weighted by atomic mass is 10.1. The Morgan fingerprint density at radius 3 is 0.792 bits per heavy atom. The van der Waals surface area contributed by atoms with Gasteiger partial charge >= 0.3 is 0 Å². The highest BCUT2D eigenvalue weighted by Crippen LogP contribution is 2.33. The van der Waals surface area contributed by atoms with Crippen molar-refractivity contribution in [3.05, 3.63) is 91.0 Å². The molecule has 0 aromatic heterocycles. The third-order valence-corrected chi connectivity index (χ3v) is 9.50. The van der Waals surface area contributed by atoms with E-state index in [9.17, 15) is 40.6 Å². The second-order valence-electron chi connectivity index (χ2n) is 10.1. The second kappa shape index (κ2) is 13.0. The van der Waals surface area contributed by atoms with E-state index in [-0.39, 0.29) is 64.3 Å². The van der Waals surface area contributed by atoms with Crippen molar-refractivity contribution in [1.82, 2.24) is 0 Å². The summed E-state index contributed by atoms with van der Waals surface area (Å²) in [6.07, 6.45) is 0. The largest absolute Gasteiger partial charge is 0.507 e. The first-order valence-corrected chi connectivity index (χ1v) is 17.5. The van der Waals surface area contributed by atoms with Crippen LogP contribution in [-0.4, -0.2) is 54.2 Å². The molecule has 0 saturated heterocycles. The Morgan fingerprint density at radius 2 is 0.583 bits per heavy atom. The van der Waals surface area contributed by atoms with Gasteiger partial charge in [-0.25, -0.2) is 0 Å². The van der Waals surface area contributed by atoms with Gasteiger partial charge in [0.1, 0.15) is 31.9 Å². The lowest BCUT2D eigenvalue weighted by molar-refractivity contribution is 0.477. The Labute approximate surface area is 273 Å². The minimum absolute atomic E-state index is 0.0882. The lowest BCUT2D eigenvalue weighted by Crippen LogP contribution is -1.99. The van der Waals surface area contributed by atoms with Crippen LogP contribution in [0, 0.1) is 0 Å². The Balaban J connectivity index is 0.000000163. The average molecular weight is 718 g/mol. The van der Waals surface area contributed by atoms with Crippen LogP contribution in [0.5, 0.6) is 17.2 Å². The Bertz CT molecular complexity index is 2270. The van der Waals surface area contributed by atoms with Gasteiger partial charge in [-0.3, -0.25) is 13.7 Å². The number of phenols is 3. The van der Waals surface area contributed by atoms with Crippen LogP contribution in [0.25, 0.3) is 32.3 Å². The van der Waals surface area contributed by atoms with Crippen molar-refractivity contribution in [1.29, 1.82) is 0 Å². The fourth-order valence-corrected chi connectivity index (χ4v) is 6.73. The molecule has 0 spiro atoms. The maximum atomic E-state index is 11.1. The number of nitrogens with two attached hydrogens (primary N) is 3. The predicted molar refractivity (Wildman–Crippen MR) is 180 cm³/mol. The molecule has 0 bridgehead atoms. The average Bonchev–Trinajstić information content (AvgIpc) is 2.97. The van der Waals surface area contributed by atoms with Crippen LogP contribution in [0.2, 0.25) is 0 Å². The first-order valence-electron chi connectivity index (χ1n) is 13.1. The van der Waals surface area contributed by atoms with Crippen molar-refractivity contribution in [2.45, 2.75) is 14.7 Å². The number of anilines is 3. The summed E-state index contributed by atoms with van der Waals surface area (Å²) in [6, 6.07) is 20.2. The summed E-state index contributed by atoms with van der Waals surface area (Å²) in [6.45, 7) is 0. The quantitative estimate of drug-likeness (QED) is 0.0918. The van der Waals surface area contributed by atoms with Crippen LogP contribution < -0.4 is 17.2 Å². The molecule has 0 aliphatic rings. The zero-order valence-electron chi connectivity index (χ0n) is 24.2. The fourth-order valence-electron chi connectivity index (χ4n) is 4.64. The molecule has 0 aliphatic carbocycles. The van der Waals surface area contributed by atoms with Gasteiger partial charge in [-0.1, -0.05) is 18.2 Å². The molecule has 6 aromatic carbocycles. The number of fused-ring (bicyclic) bond motifs is 3. The summed E-state index contributed by atoms with van der Waals surface area (Å²) in [4.78, 5) is -0.749. The van der Waals surface area contributed by atoms with E-state index in [1.165, 1.54) is 72.8 Å². The number of aromatic hydroxyl groups is 3. The molecule has 0 saturated carbocycles. The van der Waals surface area contributed by atoms with Gasteiger partial charge in [-0.05, 0) is 72.8 Å². The molecule has 15 nitrogen and oxygen atoms in total. The summed E-state index contributed by atoms with van der Waals surface area (Å²) in [5.41, 5.74) is 17.8. The normalized spacial score (nSPS) is 11.8. The maximum Gasteiger partial charge on any atom is 0.295 e. The molecule has 48 heavy (non-hydrogen) atoms. The van der Waals surface area contributed by atoms with E-state index in [0.717, 1.165) is 18.2 Å². The summed E-state index contributed by atoms with van der Waals surface area (Å²) in [7, 11) is -12.9. The summed E-state index contributed by atoms with van der Waals surface area (Å²) >= 11 is 0. The third-order valence-electron chi connectivity index (χ3n) is 6.77. The highest BCUT2D eigenvalue weighted by Gasteiger charge is 2.17. The van der Waals surface area contributed by atoms with E-state index in [4.69, 9.17) is 30.9 Å². The second-order valence-corrected chi connectivity index (χ2v) is 14.3. The maximum absolute atomic E-state index is 11.1. The van der Waals surface area contributed by atoms with Crippen LogP contribution in [0.15, 0.2) is 106 Å². The van der Waals surface area contributed by atoms with Crippen LogP contribution in [0.3, 0.4) is 0 Å². The number of nitrogen functional groups attached to an aromatic ring is 3. The van der Waals surface area contributed by atoms with E-state index in [1.54, 1.807) is 0 Å². The highest BCUT2D eigenvalue weighted by atomic mass is 32.2. The van der Waals surface area contributed by atoms with Crippen LogP contribution in [0.4, 0.5) is 17.1 Å². The third kappa shape index (κ3) is 7.77. The van der Waals surface area contributed by atoms with E-state index < -0.39 is 30.4 Å². The zero-order valence-corrected chi connectivity index (χ0v) is 26.7. The molecule has 0 unspecified atom stereocenters. The molecule has 0 amide bonds. The zero-order chi connectivity index (χ0) is 35.8. The van der Waals surface area contributed by atoms with Gasteiger partial charge in [0, 0.05) is 49.4 Å². The van der Waals surface area contributed by atoms with E-state index in [2.05, 4.69) is 0 Å². The number of hydrogen-bond acceptors (Lipinski definition) is 12. The van der Waals surface area contributed by atoms with Gasteiger partial charge in [0.2, 0.25) is 0 Å². The van der Waals surface area contributed by atoms with Gasteiger partial charge < -0.3 is 32.5 Å². The molecule has 252 valence electrons. The van der Waals surface area contributed by atoms with Gasteiger partial charge in [-0.2, -0.15) is 25.3 Å². The lowest BCUT2D eigenvalue weighted by Gasteiger charge is -2.06. The Morgan fingerprint density at radius 1 is 0.354 bits per heavy atom. The van der Waals surface area contributed by atoms with E-state index in [1.807, 2.05) is 0 Å². The molecule has 0 heterocycles. The van der Waals surface area contributed by atoms with Crippen molar-refractivity contribution < 1.29 is 54.2 Å². The standard InChI is InChI=1S/3C10H9NO4S/c3*11-6-1-2-7-8(5-6)9(12)3-4-10(7)16(13,14)15/h3*1-5,12H,11H2,(H,13,14,15). The van der Waals surface area contributed by atoms with Crippen molar-refractivity contribution in [3.63, 3.8) is 0 Å². The first-order chi connectivity index (χ1) is 22.2. The molecule has 6 rings (SSSR count). The smallest absolute Gasteiger partial charge is 0.295 e. The molecule has 12 N–H and O–H groups in total. The molecular weight excluding hydrogens is 691 g/mol. The number of benzene rings is 6. The molecule has 18 heteroatoms. The van der Waals surface area contributed by atoms with Crippen molar-refractivity contribution in [2.24, 2.45) is 0 Å². The number of phenolic OH excluding ortho intramolecular Hbond substituents is 3. The number of rotatable bonds is 3. The van der Waals surface area contributed by atoms with Crippen LogP contribution in [-0.2, 0) is 30.4 Å². The monoisotopic (exact) mass is 717 g/mol. The Hall–Kier alpha value is -5.37. The van der Waals surface area contributed by atoms with Gasteiger partial charge in [0.15, 0.2) is 0 Å². The van der Waals surface area contributed by atoms with E-state index in [0.29, 0.717) is 17.1 Å². The van der Waals surface area contributed by atoms with Crippen LogP contribution in [0.1, 0.15) is 0 Å². The predicted octanol–water partition coefficient (Wildman–Crippen LogP) is 4.12.